The Hall–Kier alpha value is -2.89. The summed E-state index contributed by atoms with van der Waals surface area (Å²) >= 11 is 0. The minimum atomic E-state index is -0.0415. The van der Waals surface area contributed by atoms with Crippen LogP contribution in [0.1, 0.15) is 67.9 Å². The van der Waals surface area contributed by atoms with Crippen LogP contribution in [0.3, 0.4) is 0 Å². The number of likely N-dealkylation sites (tertiary alicyclic amines) is 2. The quantitative estimate of drug-likeness (QED) is 0.647. The number of nitrogens with one attached hydrogen (secondary N) is 1. The molecule has 184 valence electrons. The van der Waals surface area contributed by atoms with Crippen molar-refractivity contribution in [3.63, 3.8) is 0 Å². The van der Waals surface area contributed by atoms with Crippen molar-refractivity contribution < 1.29 is 9.59 Å². The molecule has 1 aromatic heterocycles. The monoisotopic (exact) mass is 472 g/mol. The van der Waals surface area contributed by atoms with E-state index in [1.165, 1.54) is 36.8 Å². The largest absolute Gasteiger partial charge is 0.343 e. The molecule has 4 aliphatic rings. The maximum absolute atomic E-state index is 12.9. The van der Waals surface area contributed by atoms with Crippen LogP contribution in [-0.2, 0) is 4.79 Å². The molecule has 1 unspecified atom stereocenters. The van der Waals surface area contributed by atoms with Gasteiger partial charge in [0.05, 0.1) is 0 Å². The van der Waals surface area contributed by atoms with Gasteiger partial charge in [-0.3, -0.25) is 9.78 Å². The summed E-state index contributed by atoms with van der Waals surface area (Å²) in [5, 5.41) is 3.03. The van der Waals surface area contributed by atoms with E-state index in [0.717, 1.165) is 63.0 Å². The fraction of sp³-hybridized carbons (Fsp3) is 0.552. The minimum Gasteiger partial charge on any atom is -0.343 e. The molecule has 2 aliphatic carbocycles. The van der Waals surface area contributed by atoms with Crippen molar-refractivity contribution in [3.05, 3.63) is 59.9 Å². The lowest BCUT2D eigenvalue weighted by molar-refractivity contribution is -0.133. The second kappa shape index (κ2) is 9.63. The van der Waals surface area contributed by atoms with E-state index in [1.54, 1.807) is 6.20 Å². The summed E-state index contributed by atoms with van der Waals surface area (Å²) in [7, 11) is 0. The van der Waals surface area contributed by atoms with Gasteiger partial charge in [-0.05, 0) is 85.1 Å². The van der Waals surface area contributed by atoms with Crippen molar-refractivity contribution >= 4 is 17.6 Å². The predicted molar refractivity (Wildman–Crippen MR) is 136 cm³/mol. The van der Waals surface area contributed by atoms with Crippen LogP contribution < -0.4 is 5.32 Å². The van der Waals surface area contributed by atoms with Crippen molar-refractivity contribution in [2.75, 3.05) is 31.5 Å². The number of urea groups is 1. The Morgan fingerprint density at radius 1 is 0.886 bits per heavy atom. The number of hydrogen-bond donors (Lipinski definition) is 1. The van der Waals surface area contributed by atoms with Gasteiger partial charge in [0.1, 0.15) is 0 Å². The number of amides is 3. The van der Waals surface area contributed by atoms with Crippen LogP contribution >= 0.6 is 0 Å². The van der Waals surface area contributed by atoms with Gasteiger partial charge in [-0.2, -0.15) is 0 Å². The fourth-order valence-electron chi connectivity index (χ4n) is 6.96. The summed E-state index contributed by atoms with van der Waals surface area (Å²) in [5.74, 6) is 3.63. The zero-order valence-electron chi connectivity index (χ0n) is 20.4. The molecular formula is C29H36N4O2. The number of fused-ring (bicyclic) bond motifs is 2. The zero-order chi connectivity index (χ0) is 23.8. The van der Waals surface area contributed by atoms with Crippen LogP contribution in [0.5, 0.6) is 0 Å². The number of anilines is 1. The fourth-order valence-corrected chi connectivity index (χ4v) is 6.96. The lowest BCUT2D eigenvalue weighted by Gasteiger charge is -2.39. The standard InChI is InChI=1S/C29H36N4O2/c34-28(16-25-15-20-3-4-23(25)14-20)32-12-9-22(10-13-32)21-5-7-27(8-6-21)31-29(35)33-18-26(19-33)24-2-1-11-30-17-24/h1-2,5-8,11,17,20,22-23,25-26H,3-4,9-10,12-16,18-19H2,(H,31,35)/t20-,23-,25?/m0/s1. The van der Waals surface area contributed by atoms with Crippen molar-refractivity contribution in [1.82, 2.24) is 14.8 Å². The van der Waals surface area contributed by atoms with Gasteiger partial charge in [0.2, 0.25) is 5.91 Å². The van der Waals surface area contributed by atoms with Crippen molar-refractivity contribution in [3.8, 4) is 0 Å². The first-order valence-corrected chi connectivity index (χ1v) is 13.5. The van der Waals surface area contributed by atoms with Crippen molar-refractivity contribution in [2.45, 2.75) is 56.8 Å². The van der Waals surface area contributed by atoms with Gasteiger partial charge >= 0.3 is 6.03 Å². The summed E-state index contributed by atoms with van der Waals surface area (Å²) in [6, 6.07) is 12.3. The third kappa shape index (κ3) is 4.80. The highest BCUT2D eigenvalue weighted by Gasteiger charge is 2.41. The topological polar surface area (TPSA) is 65.5 Å². The molecule has 1 aromatic carbocycles. The summed E-state index contributed by atoms with van der Waals surface area (Å²) in [6.07, 6.45) is 11.9. The van der Waals surface area contributed by atoms with Crippen LogP contribution in [0.2, 0.25) is 0 Å². The molecule has 35 heavy (non-hydrogen) atoms. The molecule has 2 saturated carbocycles. The van der Waals surface area contributed by atoms with Gasteiger partial charge in [0.25, 0.3) is 0 Å². The Bertz CT molecular complexity index is 1040. The Balaban J connectivity index is 0.950. The molecule has 3 atom stereocenters. The molecule has 2 aromatic rings. The number of pyridine rings is 1. The Kier molecular flexibility index (Phi) is 6.21. The van der Waals surface area contributed by atoms with Gasteiger partial charge in [-0.25, -0.2) is 4.79 Å². The van der Waals surface area contributed by atoms with Crippen LogP contribution in [0, 0.1) is 17.8 Å². The molecule has 3 heterocycles. The molecule has 3 amide bonds. The van der Waals surface area contributed by atoms with E-state index in [2.05, 4.69) is 33.4 Å². The van der Waals surface area contributed by atoms with Gasteiger partial charge in [0.15, 0.2) is 0 Å². The highest BCUT2D eigenvalue weighted by Crippen LogP contribution is 2.49. The maximum Gasteiger partial charge on any atom is 0.321 e. The number of aromatic nitrogens is 1. The van der Waals surface area contributed by atoms with E-state index in [0.29, 0.717) is 23.7 Å². The Morgan fingerprint density at radius 2 is 1.69 bits per heavy atom. The number of rotatable bonds is 5. The lowest BCUT2D eigenvalue weighted by atomic mass is 9.85. The lowest BCUT2D eigenvalue weighted by Crippen LogP contribution is -2.50. The SMILES string of the molecule is O=C(CC1C[C@H]2CC[C@H]1C2)N1CCC(c2ccc(NC(=O)N3CC(c4cccnc4)C3)cc2)CC1. The molecule has 2 aliphatic heterocycles. The van der Waals surface area contributed by atoms with E-state index in [-0.39, 0.29) is 6.03 Å². The second-order valence-electron chi connectivity index (χ2n) is 11.2. The van der Waals surface area contributed by atoms with Gasteiger partial charge in [0, 0.05) is 56.6 Å². The summed E-state index contributed by atoms with van der Waals surface area (Å²) in [5.41, 5.74) is 3.34. The van der Waals surface area contributed by atoms with Gasteiger partial charge < -0.3 is 15.1 Å². The van der Waals surface area contributed by atoms with Crippen molar-refractivity contribution in [2.24, 2.45) is 17.8 Å². The number of hydrogen-bond acceptors (Lipinski definition) is 3. The smallest absolute Gasteiger partial charge is 0.321 e. The summed E-state index contributed by atoms with van der Waals surface area (Å²) < 4.78 is 0. The molecule has 0 spiro atoms. The van der Waals surface area contributed by atoms with E-state index in [4.69, 9.17) is 0 Å². The zero-order valence-corrected chi connectivity index (χ0v) is 20.4. The Morgan fingerprint density at radius 3 is 2.34 bits per heavy atom. The first-order valence-electron chi connectivity index (χ1n) is 13.5. The van der Waals surface area contributed by atoms with Crippen LogP contribution in [-0.4, -0.2) is 52.9 Å². The van der Waals surface area contributed by atoms with Gasteiger partial charge in [-0.15, -0.1) is 0 Å². The molecule has 4 fully saturated rings. The normalized spacial score (nSPS) is 26.6. The third-order valence-corrected chi connectivity index (χ3v) is 9.13. The van der Waals surface area contributed by atoms with E-state index >= 15 is 0 Å². The number of carbonyl (C=O) groups excluding carboxylic acids is 2. The first-order chi connectivity index (χ1) is 17.1. The first kappa shape index (κ1) is 22.6. The average molecular weight is 473 g/mol. The third-order valence-electron chi connectivity index (χ3n) is 9.13. The maximum atomic E-state index is 12.9. The van der Waals surface area contributed by atoms with E-state index in [9.17, 15) is 9.59 Å². The molecule has 6 rings (SSSR count). The van der Waals surface area contributed by atoms with Gasteiger partial charge in [-0.1, -0.05) is 24.6 Å². The van der Waals surface area contributed by atoms with Crippen LogP contribution in [0.15, 0.2) is 48.8 Å². The molecule has 2 saturated heterocycles. The molecule has 2 bridgehead atoms. The molecule has 0 radical (unpaired) electrons. The average Bonchev–Trinajstić information content (AvgIpc) is 3.48. The molecular weight excluding hydrogens is 436 g/mol. The number of piperidine rings is 1. The molecule has 6 heteroatoms. The van der Waals surface area contributed by atoms with Crippen molar-refractivity contribution in [1.29, 1.82) is 0 Å². The number of nitrogens with zero attached hydrogens (tertiary/aromatic N) is 3. The number of carbonyl (C=O) groups is 2. The van der Waals surface area contributed by atoms with E-state index in [1.807, 2.05) is 29.3 Å². The number of benzene rings is 1. The summed E-state index contributed by atoms with van der Waals surface area (Å²) in [4.78, 5) is 33.6. The highest BCUT2D eigenvalue weighted by molar-refractivity contribution is 5.90. The molecule has 6 nitrogen and oxygen atoms in total. The summed E-state index contributed by atoms with van der Waals surface area (Å²) in [6.45, 7) is 3.20. The second-order valence-corrected chi connectivity index (χ2v) is 11.2. The Labute approximate surface area is 208 Å². The minimum absolute atomic E-state index is 0.0415. The highest BCUT2D eigenvalue weighted by atomic mass is 16.2. The molecule has 1 N–H and O–H groups in total. The van der Waals surface area contributed by atoms with E-state index < -0.39 is 0 Å². The predicted octanol–water partition coefficient (Wildman–Crippen LogP) is 5.25. The van der Waals surface area contributed by atoms with Crippen LogP contribution in [0.25, 0.3) is 0 Å². The van der Waals surface area contributed by atoms with Crippen LogP contribution in [0.4, 0.5) is 10.5 Å².